The van der Waals surface area contributed by atoms with Crippen molar-refractivity contribution in [1.82, 2.24) is 10.2 Å². The van der Waals surface area contributed by atoms with Gasteiger partial charge in [-0.15, -0.1) is 0 Å². The van der Waals surface area contributed by atoms with Crippen molar-refractivity contribution in [3.63, 3.8) is 0 Å². The molecule has 1 N–H and O–H groups in total. The van der Waals surface area contributed by atoms with Gasteiger partial charge in [0.05, 0.1) is 0 Å². The lowest BCUT2D eigenvalue weighted by molar-refractivity contribution is 0.247. The van der Waals surface area contributed by atoms with E-state index in [-0.39, 0.29) is 0 Å². The summed E-state index contributed by atoms with van der Waals surface area (Å²) in [4.78, 5) is 2.67. The van der Waals surface area contributed by atoms with Crippen molar-refractivity contribution < 1.29 is 0 Å². The molecular formula is C15H32N2. The molecule has 2 unspecified atom stereocenters. The normalized spacial score (nSPS) is 23.5. The van der Waals surface area contributed by atoms with Gasteiger partial charge in [-0.1, -0.05) is 34.1 Å². The lowest BCUT2D eigenvalue weighted by Crippen LogP contribution is -2.43. The molecule has 1 saturated heterocycles. The van der Waals surface area contributed by atoms with Crippen LogP contribution in [0.15, 0.2) is 0 Å². The van der Waals surface area contributed by atoms with E-state index in [2.05, 4.69) is 37.9 Å². The predicted octanol–water partition coefficient (Wildman–Crippen LogP) is 3.13. The van der Waals surface area contributed by atoms with E-state index >= 15 is 0 Å². The van der Waals surface area contributed by atoms with Crippen molar-refractivity contribution in [2.75, 3.05) is 26.2 Å². The Kier molecular flexibility index (Phi) is 7.14. The van der Waals surface area contributed by atoms with Crippen LogP contribution in [0.3, 0.4) is 0 Å². The molecule has 1 aliphatic rings. The maximum atomic E-state index is 3.70. The molecule has 1 rings (SSSR count). The Hall–Kier alpha value is -0.0800. The summed E-state index contributed by atoms with van der Waals surface area (Å²) in [5, 5.41) is 3.70. The second-order valence-electron chi connectivity index (χ2n) is 6.01. The zero-order valence-electron chi connectivity index (χ0n) is 12.3. The molecule has 0 aromatic heterocycles. The van der Waals surface area contributed by atoms with Crippen LogP contribution in [0, 0.1) is 11.8 Å². The third-order valence-electron chi connectivity index (χ3n) is 3.98. The number of rotatable bonds is 8. The lowest BCUT2D eigenvalue weighted by Gasteiger charge is -2.27. The Morgan fingerprint density at radius 2 is 2.00 bits per heavy atom. The van der Waals surface area contributed by atoms with E-state index in [4.69, 9.17) is 0 Å². The van der Waals surface area contributed by atoms with Crippen molar-refractivity contribution in [3.05, 3.63) is 0 Å². The minimum Gasteiger partial charge on any atom is -0.312 e. The molecule has 0 saturated carbocycles. The average molecular weight is 240 g/mol. The average Bonchev–Trinajstić information content (AvgIpc) is 2.72. The molecule has 0 bridgehead atoms. The molecule has 2 heteroatoms. The molecule has 2 nitrogen and oxygen atoms in total. The number of nitrogens with zero attached hydrogens (tertiary/aromatic N) is 1. The van der Waals surface area contributed by atoms with Crippen molar-refractivity contribution in [1.29, 1.82) is 0 Å². The van der Waals surface area contributed by atoms with Gasteiger partial charge in [-0.25, -0.2) is 0 Å². The Balaban J connectivity index is 2.30. The summed E-state index contributed by atoms with van der Waals surface area (Å²) >= 11 is 0. The van der Waals surface area contributed by atoms with Gasteiger partial charge in [0, 0.05) is 19.1 Å². The van der Waals surface area contributed by atoms with Gasteiger partial charge in [-0.2, -0.15) is 0 Å². The second kappa shape index (κ2) is 8.10. The topological polar surface area (TPSA) is 15.3 Å². The first kappa shape index (κ1) is 15.0. The van der Waals surface area contributed by atoms with Gasteiger partial charge < -0.3 is 10.2 Å². The zero-order chi connectivity index (χ0) is 12.7. The third kappa shape index (κ3) is 5.39. The van der Waals surface area contributed by atoms with Gasteiger partial charge >= 0.3 is 0 Å². The smallest absolute Gasteiger partial charge is 0.0217 e. The van der Waals surface area contributed by atoms with Crippen LogP contribution in [0.25, 0.3) is 0 Å². The summed E-state index contributed by atoms with van der Waals surface area (Å²) in [5.41, 5.74) is 0. The predicted molar refractivity (Wildman–Crippen MR) is 76.4 cm³/mol. The molecule has 0 amide bonds. The highest BCUT2D eigenvalue weighted by molar-refractivity contribution is 4.81. The maximum absolute atomic E-state index is 3.70. The fourth-order valence-electron chi connectivity index (χ4n) is 2.84. The van der Waals surface area contributed by atoms with Crippen LogP contribution in [0.1, 0.15) is 53.4 Å². The van der Waals surface area contributed by atoms with Crippen LogP contribution in [-0.4, -0.2) is 37.1 Å². The molecule has 0 aliphatic carbocycles. The van der Waals surface area contributed by atoms with Crippen LogP contribution in [0.2, 0.25) is 0 Å². The van der Waals surface area contributed by atoms with Gasteiger partial charge in [-0.05, 0) is 44.2 Å². The third-order valence-corrected chi connectivity index (χ3v) is 3.98. The summed E-state index contributed by atoms with van der Waals surface area (Å²) in [6.45, 7) is 14.3. The number of hydrogen-bond donors (Lipinski definition) is 1. The van der Waals surface area contributed by atoms with E-state index in [9.17, 15) is 0 Å². The van der Waals surface area contributed by atoms with Crippen LogP contribution in [0.5, 0.6) is 0 Å². The SMILES string of the molecule is CCCNC(CN1CCC(CCC)C1)C(C)C. The quantitative estimate of drug-likeness (QED) is 0.701. The standard InChI is InChI=1S/C15H32N2/c1-5-7-14-8-10-17(11-14)12-15(13(3)4)16-9-6-2/h13-16H,5-12H2,1-4H3. The fourth-order valence-corrected chi connectivity index (χ4v) is 2.84. The van der Waals surface area contributed by atoms with Crippen LogP contribution >= 0.6 is 0 Å². The summed E-state index contributed by atoms with van der Waals surface area (Å²) in [7, 11) is 0. The molecular weight excluding hydrogens is 208 g/mol. The Morgan fingerprint density at radius 3 is 2.59 bits per heavy atom. The Morgan fingerprint density at radius 1 is 1.24 bits per heavy atom. The van der Waals surface area contributed by atoms with Crippen LogP contribution in [0.4, 0.5) is 0 Å². The maximum Gasteiger partial charge on any atom is 0.0217 e. The van der Waals surface area contributed by atoms with Crippen molar-refractivity contribution in [2.45, 2.75) is 59.4 Å². The van der Waals surface area contributed by atoms with Crippen molar-refractivity contribution >= 4 is 0 Å². The molecule has 102 valence electrons. The van der Waals surface area contributed by atoms with Gasteiger partial charge in [0.15, 0.2) is 0 Å². The Bertz CT molecular complexity index is 191. The van der Waals surface area contributed by atoms with Crippen molar-refractivity contribution in [3.8, 4) is 0 Å². The molecule has 0 spiro atoms. The summed E-state index contributed by atoms with van der Waals surface area (Å²) in [6.07, 6.45) is 5.43. The highest BCUT2D eigenvalue weighted by Crippen LogP contribution is 2.21. The summed E-state index contributed by atoms with van der Waals surface area (Å²) < 4.78 is 0. The highest BCUT2D eigenvalue weighted by atomic mass is 15.2. The summed E-state index contributed by atoms with van der Waals surface area (Å²) in [6, 6.07) is 0.676. The molecule has 1 fully saturated rings. The highest BCUT2D eigenvalue weighted by Gasteiger charge is 2.24. The number of nitrogens with one attached hydrogen (secondary N) is 1. The van der Waals surface area contributed by atoms with Gasteiger partial charge in [0.2, 0.25) is 0 Å². The van der Waals surface area contributed by atoms with Crippen LogP contribution < -0.4 is 5.32 Å². The largest absolute Gasteiger partial charge is 0.312 e. The number of hydrogen-bond acceptors (Lipinski definition) is 2. The van der Waals surface area contributed by atoms with E-state index < -0.39 is 0 Å². The van der Waals surface area contributed by atoms with E-state index in [0.717, 1.165) is 18.4 Å². The molecule has 1 heterocycles. The molecule has 17 heavy (non-hydrogen) atoms. The molecule has 1 aliphatic heterocycles. The van der Waals surface area contributed by atoms with E-state index in [1.165, 1.54) is 45.3 Å². The first-order valence-corrected chi connectivity index (χ1v) is 7.63. The number of likely N-dealkylation sites (tertiary alicyclic amines) is 1. The molecule has 2 atom stereocenters. The van der Waals surface area contributed by atoms with E-state index in [0.29, 0.717) is 6.04 Å². The molecule has 0 radical (unpaired) electrons. The molecule has 0 aromatic carbocycles. The summed E-state index contributed by atoms with van der Waals surface area (Å²) in [5.74, 6) is 1.71. The lowest BCUT2D eigenvalue weighted by atomic mass is 10.0. The van der Waals surface area contributed by atoms with Crippen molar-refractivity contribution in [2.24, 2.45) is 11.8 Å². The fraction of sp³-hybridized carbons (Fsp3) is 1.00. The monoisotopic (exact) mass is 240 g/mol. The van der Waals surface area contributed by atoms with Gasteiger partial charge in [0.25, 0.3) is 0 Å². The van der Waals surface area contributed by atoms with Gasteiger partial charge in [0.1, 0.15) is 0 Å². The first-order chi connectivity index (χ1) is 8.17. The van der Waals surface area contributed by atoms with Gasteiger partial charge in [-0.3, -0.25) is 0 Å². The molecule has 0 aromatic rings. The minimum absolute atomic E-state index is 0.676. The zero-order valence-corrected chi connectivity index (χ0v) is 12.3. The second-order valence-corrected chi connectivity index (χ2v) is 6.01. The van der Waals surface area contributed by atoms with E-state index in [1.807, 2.05) is 0 Å². The minimum atomic E-state index is 0.676. The Labute approximate surface area is 108 Å². The first-order valence-electron chi connectivity index (χ1n) is 7.63. The van der Waals surface area contributed by atoms with Crippen LogP contribution in [-0.2, 0) is 0 Å². The van der Waals surface area contributed by atoms with E-state index in [1.54, 1.807) is 0 Å².